The van der Waals surface area contributed by atoms with E-state index in [1.807, 2.05) is 24.3 Å². The number of anilines is 1. The molecule has 32 heavy (non-hydrogen) atoms. The number of para-hydroxylation sites is 1. The first kappa shape index (κ1) is 20.4. The maximum atomic E-state index is 14.0. The average molecular weight is 436 g/mol. The largest absolute Gasteiger partial charge is 0.497 e. The van der Waals surface area contributed by atoms with Crippen molar-refractivity contribution < 1.29 is 28.6 Å². The lowest BCUT2D eigenvalue weighted by molar-refractivity contribution is -0.155. The molecule has 2 aromatic rings. The fraction of sp³-hybridized carbons (Fsp3) is 0.375. The van der Waals surface area contributed by atoms with Crippen LogP contribution < -0.4 is 14.8 Å². The number of carbonyl (C=O) groups excluding carboxylic acids is 3. The summed E-state index contributed by atoms with van der Waals surface area (Å²) in [6.07, 6.45) is 0. The maximum Gasteiger partial charge on any atom is 0.312 e. The number of hydrogen-bond acceptors (Lipinski definition) is 6. The summed E-state index contributed by atoms with van der Waals surface area (Å²) in [5.74, 6) is -1.47. The first-order chi connectivity index (χ1) is 15.4. The molecule has 3 aliphatic rings. The highest BCUT2D eigenvalue weighted by atomic mass is 16.5. The second kappa shape index (κ2) is 7.25. The molecule has 8 nitrogen and oxygen atoms in total. The van der Waals surface area contributed by atoms with Gasteiger partial charge < -0.3 is 24.4 Å². The van der Waals surface area contributed by atoms with E-state index in [2.05, 4.69) is 5.32 Å². The summed E-state index contributed by atoms with van der Waals surface area (Å²) in [6.45, 7) is 3.74. The van der Waals surface area contributed by atoms with Crippen LogP contribution in [-0.2, 0) is 14.3 Å². The van der Waals surface area contributed by atoms with Gasteiger partial charge in [0, 0.05) is 11.5 Å². The normalized spacial score (nSPS) is 27.7. The molecule has 5 rings (SSSR count). The number of fused-ring (bicyclic) bond motifs is 6. The van der Waals surface area contributed by atoms with Crippen molar-refractivity contribution in [2.75, 3.05) is 25.6 Å². The lowest BCUT2D eigenvalue weighted by atomic mass is 9.77. The topological polar surface area (TPSA) is 94.2 Å². The number of esters is 1. The zero-order valence-corrected chi connectivity index (χ0v) is 18.1. The van der Waals surface area contributed by atoms with Crippen molar-refractivity contribution in [3.8, 4) is 11.5 Å². The Morgan fingerprint density at radius 3 is 2.78 bits per heavy atom. The van der Waals surface area contributed by atoms with Crippen LogP contribution in [0.1, 0.15) is 35.8 Å². The summed E-state index contributed by atoms with van der Waals surface area (Å²) in [5.41, 5.74) is 0.00463. The summed E-state index contributed by atoms with van der Waals surface area (Å²) in [5, 5.41) is 2.87. The highest BCUT2D eigenvalue weighted by Gasteiger charge is 2.67. The van der Waals surface area contributed by atoms with Crippen molar-refractivity contribution >= 4 is 23.5 Å². The van der Waals surface area contributed by atoms with E-state index in [0.29, 0.717) is 22.7 Å². The zero-order valence-electron chi connectivity index (χ0n) is 18.1. The number of benzene rings is 2. The number of nitrogens with zero attached hydrogens (tertiary/aromatic N) is 1. The molecule has 4 atom stereocenters. The minimum Gasteiger partial charge on any atom is -0.497 e. The van der Waals surface area contributed by atoms with Gasteiger partial charge in [0.25, 0.3) is 11.8 Å². The van der Waals surface area contributed by atoms with Crippen LogP contribution in [0.5, 0.6) is 11.5 Å². The van der Waals surface area contributed by atoms with Gasteiger partial charge in [-0.25, -0.2) is 0 Å². The van der Waals surface area contributed by atoms with Gasteiger partial charge in [-0.3, -0.25) is 14.4 Å². The summed E-state index contributed by atoms with van der Waals surface area (Å²) < 4.78 is 16.6. The number of ether oxygens (including phenoxy) is 3. The monoisotopic (exact) mass is 436 g/mol. The van der Waals surface area contributed by atoms with Crippen LogP contribution in [0.15, 0.2) is 42.5 Å². The van der Waals surface area contributed by atoms with Crippen molar-refractivity contribution in [3.63, 3.8) is 0 Å². The predicted octanol–water partition coefficient (Wildman–Crippen LogP) is 2.79. The van der Waals surface area contributed by atoms with Crippen LogP contribution in [0.25, 0.3) is 0 Å². The van der Waals surface area contributed by atoms with Crippen LogP contribution in [0.2, 0.25) is 0 Å². The van der Waals surface area contributed by atoms with E-state index in [1.165, 1.54) is 7.11 Å². The van der Waals surface area contributed by atoms with Crippen LogP contribution >= 0.6 is 0 Å². The molecule has 3 aliphatic heterocycles. The molecule has 1 saturated heterocycles. The molecule has 2 aromatic carbocycles. The fourth-order valence-corrected chi connectivity index (χ4v) is 5.37. The van der Waals surface area contributed by atoms with E-state index < -0.39 is 35.3 Å². The van der Waals surface area contributed by atoms with Gasteiger partial charge in [-0.05, 0) is 38.1 Å². The van der Waals surface area contributed by atoms with Gasteiger partial charge >= 0.3 is 5.97 Å². The minimum absolute atomic E-state index is 0.174. The molecule has 0 spiro atoms. The maximum absolute atomic E-state index is 14.0. The first-order valence-electron chi connectivity index (χ1n) is 10.6. The van der Waals surface area contributed by atoms with E-state index in [-0.39, 0.29) is 19.1 Å². The predicted molar refractivity (Wildman–Crippen MR) is 114 cm³/mol. The van der Waals surface area contributed by atoms with Crippen LogP contribution in [-0.4, -0.2) is 48.5 Å². The zero-order chi connectivity index (χ0) is 22.6. The highest BCUT2D eigenvalue weighted by Crippen LogP contribution is 2.56. The number of rotatable bonds is 3. The molecule has 0 bridgehead atoms. The van der Waals surface area contributed by atoms with Gasteiger partial charge in [0.15, 0.2) is 0 Å². The van der Waals surface area contributed by atoms with Gasteiger partial charge in [0.2, 0.25) is 0 Å². The number of hydrogen-bond donors (Lipinski definition) is 1. The Morgan fingerprint density at radius 1 is 1.25 bits per heavy atom. The van der Waals surface area contributed by atoms with Gasteiger partial charge in [0.1, 0.15) is 17.0 Å². The van der Waals surface area contributed by atoms with E-state index >= 15 is 0 Å². The molecule has 0 radical (unpaired) electrons. The molecule has 0 aromatic heterocycles. The first-order valence-corrected chi connectivity index (χ1v) is 10.6. The smallest absolute Gasteiger partial charge is 0.312 e. The van der Waals surface area contributed by atoms with E-state index in [9.17, 15) is 14.4 Å². The molecule has 2 amide bonds. The summed E-state index contributed by atoms with van der Waals surface area (Å²) in [6, 6.07) is 11.8. The van der Waals surface area contributed by atoms with Crippen molar-refractivity contribution in [1.82, 2.24) is 4.90 Å². The summed E-state index contributed by atoms with van der Waals surface area (Å²) in [7, 11) is 1.52. The quantitative estimate of drug-likeness (QED) is 0.744. The molecule has 166 valence electrons. The second-order valence-corrected chi connectivity index (χ2v) is 8.38. The van der Waals surface area contributed by atoms with Gasteiger partial charge in [-0.15, -0.1) is 0 Å². The molecule has 3 heterocycles. The van der Waals surface area contributed by atoms with Gasteiger partial charge in [-0.2, -0.15) is 0 Å². The summed E-state index contributed by atoms with van der Waals surface area (Å²) in [4.78, 5) is 42.4. The summed E-state index contributed by atoms with van der Waals surface area (Å²) >= 11 is 0. The van der Waals surface area contributed by atoms with E-state index in [0.717, 1.165) is 5.56 Å². The minimum atomic E-state index is -1.47. The molecule has 1 fully saturated rings. The fourth-order valence-electron chi connectivity index (χ4n) is 5.37. The lowest BCUT2D eigenvalue weighted by Gasteiger charge is -2.38. The molecular weight excluding hydrogens is 412 g/mol. The number of nitrogens with one attached hydrogen (secondary N) is 1. The third kappa shape index (κ3) is 2.65. The van der Waals surface area contributed by atoms with Crippen molar-refractivity contribution in [2.45, 2.75) is 25.4 Å². The van der Waals surface area contributed by atoms with Crippen molar-refractivity contribution in [1.29, 1.82) is 0 Å². The third-order valence-corrected chi connectivity index (χ3v) is 6.81. The lowest BCUT2D eigenvalue weighted by Crippen LogP contribution is -2.57. The number of amides is 2. The SMILES string of the molecule is CCOC(=O)C1C2COc3ccccc3C2N2C(=O)c3cc(OC)ccc3NC(=O)[C@@]12C. The van der Waals surface area contributed by atoms with Crippen molar-refractivity contribution in [2.24, 2.45) is 11.8 Å². The molecular formula is C24H24N2O6. The second-order valence-electron chi connectivity index (χ2n) is 8.38. The molecule has 1 N–H and O–H groups in total. The Balaban J connectivity index is 1.75. The molecule has 3 unspecified atom stereocenters. The molecule has 8 heteroatoms. The Bertz CT molecular complexity index is 1130. The molecule has 0 aliphatic carbocycles. The number of carbonyl (C=O) groups is 3. The van der Waals surface area contributed by atoms with Crippen LogP contribution in [0.3, 0.4) is 0 Å². The standard InChI is InChI=1S/C24H24N2O6/c1-4-31-22(28)19-16-12-32-18-8-6-5-7-14(18)20(16)26-21(27)15-11-13(30-3)9-10-17(15)25-23(29)24(19,26)2/h5-11,16,19-20H,4,12H2,1-3H3,(H,25,29)/t16?,19?,20?,24-/m1/s1. The highest BCUT2D eigenvalue weighted by molar-refractivity contribution is 6.13. The van der Waals surface area contributed by atoms with Crippen LogP contribution in [0.4, 0.5) is 5.69 Å². The van der Waals surface area contributed by atoms with Gasteiger partial charge in [-0.1, -0.05) is 18.2 Å². The van der Waals surface area contributed by atoms with E-state index in [4.69, 9.17) is 14.2 Å². The third-order valence-electron chi connectivity index (χ3n) is 6.81. The number of methoxy groups -OCH3 is 1. The Kier molecular flexibility index (Phi) is 4.62. The van der Waals surface area contributed by atoms with E-state index in [1.54, 1.807) is 36.9 Å². The Morgan fingerprint density at radius 2 is 2.03 bits per heavy atom. The Labute approximate surface area is 185 Å². The average Bonchev–Trinajstić information content (AvgIpc) is 3.04. The molecule has 0 saturated carbocycles. The van der Waals surface area contributed by atoms with Crippen molar-refractivity contribution in [3.05, 3.63) is 53.6 Å². The van der Waals surface area contributed by atoms with Gasteiger partial charge in [0.05, 0.1) is 43.5 Å². The van der Waals surface area contributed by atoms with Crippen LogP contribution in [0, 0.1) is 11.8 Å². The Hall–Kier alpha value is -3.55.